The molecule has 178 valence electrons. The summed E-state index contributed by atoms with van der Waals surface area (Å²) in [6.45, 7) is 8.51. The second-order valence-corrected chi connectivity index (χ2v) is 7.18. The van der Waals surface area contributed by atoms with Crippen LogP contribution in [0, 0.1) is 18.3 Å². The van der Waals surface area contributed by atoms with Gasteiger partial charge in [-0.2, -0.15) is 5.26 Å². The largest absolute Gasteiger partial charge is 1.00 e. The lowest BCUT2D eigenvalue weighted by Gasteiger charge is -2.22. The van der Waals surface area contributed by atoms with E-state index in [9.17, 15) is 10.1 Å². The molecule has 2 aromatic carbocycles. The molecule has 0 saturated heterocycles. The number of hydrogen-bond donors (Lipinski definition) is 2. The predicted octanol–water partition coefficient (Wildman–Crippen LogP) is 1.04. The molecule has 0 aliphatic heterocycles. The van der Waals surface area contributed by atoms with Crippen LogP contribution in [0.4, 0.5) is 11.4 Å². The van der Waals surface area contributed by atoms with E-state index < -0.39 is 5.91 Å². The first-order chi connectivity index (χ1) is 15.5. The number of nitrogens with one attached hydrogen (secondary N) is 2. The Morgan fingerprint density at radius 3 is 2.36 bits per heavy atom. The summed E-state index contributed by atoms with van der Waals surface area (Å²) in [6, 6.07) is 13.7. The van der Waals surface area contributed by atoms with Crippen molar-refractivity contribution < 1.29 is 26.7 Å². The number of carbonyl (C=O) groups excluding carboxylic acids is 1. The van der Waals surface area contributed by atoms with Crippen LogP contribution in [0.1, 0.15) is 25.0 Å². The molecule has 0 aliphatic rings. The first-order valence-electron chi connectivity index (χ1n) is 10.7. The van der Waals surface area contributed by atoms with Crippen molar-refractivity contribution in [3.8, 4) is 17.6 Å². The van der Waals surface area contributed by atoms with Gasteiger partial charge in [0.1, 0.15) is 11.6 Å². The van der Waals surface area contributed by atoms with Gasteiger partial charge in [0, 0.05) is 37.2 Å². The molecule has 33 heavy (non-hydrogen) atoms. The SMILES string of the molecule is CCN(CC)c1ccc(N/C=C(/C#N)C(=O)NCCc2ccc(OC)c(OC)c2)c(C)c1.[Cl-]. The number of halogens is 1. The van der Waals surface area contributed by atoms with E-state index in [1.54, 1.807) is 14.2 Å². The van der Waals surface area contributed by atoms with Gasteiger partial charge in [0.2, 0.25) is 0 Å². The van der Waals surface area contributed by atoms with Crippen LogP contribution in [0.25, 0.3) is 0 Å². The van der Waals surface area contributed by atoms with Crippen molar-refractivity contribution in [2.24, 2.45) is 0 Å². The molecule has 0 aromatic heterocycles. The molecule has 0 radical (unpaired) electrons. The topological polar surface area (TPSA) is 86.6 Å². The molecule has 0 bridgehead atoms. The van der Waals surface area contributed by atoms with Gasteiger partial charge in [0.15, 0.2) is 11.5 Å². The number of methoxy groups -OCH3 is 2. The lowest BCUT2D eigenvalue weighted by molar-refractivity contribution is -0.117. The number of nitrogens with zero attached hydrogens (tertiary/aromatic N) is 2. The van der Waals surface area contributed by atoms with E-state index >= 15 is 0 Å². The fourth-order valence-corrected chi connectivity index (χ4v) is 3.35. The van der Waals surface area contributed by atoms with Crippen molar-refractivity contribution in [1.29, 1.82) is 5.26 Å². The number of carbonyl (C=O) groups is 1. The lowest BCUT2D eigenvalue weighted by atomic mass is 10.1. The Hall–Kier alpha value is -3.37. The first-order valence-corrected chi connectivity index (χ1v) is 10.7. The average molecular weight is 472 g/mol. The van der Waals surface area contributed by atoms with Crippen LogP contribution in [0.3, 0.4) is 0 Å². The highest BCUT2D eigenvalue weighted by atomic mass is 35.5. The highest BCUT2D eigenvalue weighted by molar-refractivity contribution is 5.97. The molecule has 2 N–H and O–H groups in total. The normalized spacial score (nSPS) is 10.5. The van der Waals surface area contributed by atoms with E-state index in [4.69, 9.17) is 9.47 Å². The summed E-state index contributed by atoms with van der Waals surface area (Å²) in [5.41, 5.74) is 4.05. The van der Waals surface area contributed by atoms with Crippen molar-refractivity contribution in [3.05, 3.63) is 59.3 Å². The number of amides is 1. The van der Waals surface area contributed by atoms with Crippen LogP contribution in [0.2, 0.25) is 0 Å². The second-order valence-electron chi connectivity index (χ2n) is 7.18. The van der Waals surface area contributed by atoms with Gasteiger partial charge in [-0.15, -0.1) is 0 Å². The van der Waals surface area contributed by atoms with Crippen LogP contribution in [-0.4, -0.2) is 39.8 Å². The summed E-state index contributed by atoms with van der Waals surface area (Å²) in [4.78, 5) is 14.7. The maximum absolute atomic E-state index is 12.4. The van der Waals surface area contributed by atoms with Crippen molar-refractivity contribution in [2.75, 3.05) is 44.1 Å². The Morgan fingerprint density at radius 1 is 1.09 bits per heavy atom. The summed E-state index contributed by atoms with van der Waals surface area (Å²) < 4.78 is 10.5. The van der Waals surface area contributed by atoms with Crippen molar-refractivity contribution in [1.82, 2.24) is 5.32 Å². The van der Waals surface area contributed by atoms with Crippen LogP contribution in [0.15, 0.2) is 48.2 Å². The zero-order chi connectivity index (χ0) is 23.5. The second kappa shape index (κ2) is 13.9. The Kier molecular flexibility index (Phi) is 11.7. The fraction of sp³-hybridized carbons (Fsp3) is 0.360. The molecular formula is C25H32ClN4O3-. The zero-order valence-electron chi connectivity index (χ0n) is 19.9. The summed E-state index contributed by atoms with van der Waals surface area (Å²) in [5.74, 6) is 0.875. The molecule has 1 amide bonds. The smallest absolute Gasteiger partial charge is 0.263 e. The molecule has 8 heteroatoms. The van der Waals surface area contributed by atoms with Crippen molar-refractivity contribution in [3.63, 3.8) is 0 Å². The number of anilines is 2. The van der Waals surface area contributed by atoms with Gasteiger partial charge in [-0.05, 0) is 68.7 Å². The maximum atomic E-state index is 12.4. The monoisotopic (exact) mass is 471 g/mol. The van der Waals surface area contributed by atoms with E-state index in [0.29, 0.717) is 24.5 Å². The summed E-state index contributed by atoms with van der Waals surface area (Å²) >= 11 is 0. The van der Waals surface area contributed by atoms with Gasteiger partial charge in [-0.25, -0.2) is 0 Å². The van der Waals surface area contributed by atoms with Gasteiger partial charge in [-0.3, -0.25) is 4.79 Å². The van der Waals surface area contributed by atoms with Crippen molar-refractivity contribution >= 4 is 17.3 Å². The van der Waals surface area contributed by atoms with E-state index in [2.05, 4.69) is 35.4 Å². The highest BCUT2D eigenvalue weighted by Crippen LogP contribution is 2.27. The molecule has 2 rings (SSSR count). The van der Waals surface area contributed by atoms with Crippen LogP contribution >= 0.6 is 0 Å². The summed E-state index contributed by atoms with van der Waals surface area (Å²) in [6.07, 6.45) is 2.05. The molecule has 0 heterocycles. The maximum Gasteiger partial charge on any atom is 0.263 e. The molecule has 0 saturated carbocycles. The van der Waals surface area contributed by atoms with Crippen LogP contribution < -0.4 is 37.4 Å². The minimum atomic E-state index is -0.419. The Bertz CT molecular complexity index is 998. The molecule has 0 fully saturated rings. The zero-order valence-corrected chi connectivity index (χ0v) is 20.6. The standard InChI is InChI=1S/C25H32N4O3.ClH/c1-6-29(7-2)21-9-10-22(18(3)14-21)28-17-20(16-26)25(30)27-13-12-19-8-11-23(31-4)24(15-19)32-5;/h8-11,14-15,17,28H,6-7,12-13H2,1-5H3,(H,27,30);1H/p-1/b20-17-;. The summed E-state index contributed by atoms with van der Waals surface area (Å²) in [7, 11) is 3.17. The van der Waals surface area contributed by atoms with Crippen molar-refractivity contribution in [2.45, 2.75) is 27.2 Å². The number of rotatable bonds is 11. The molecule has 2 aromatic rings. The van der Waals surface area contributed by atoms with E-state index in [1.807, 2.05) is 43.3 Å². The van der Waals surface area contributed by atoms with Crippen LogP contribution in [0.5, 0.6) is 11.5 Å². The number of nitriles is 1. The third-order valence-electron chi connectivity index (χ3n) is 5.22. The number of aryl methyl sites for hydroxylation is 1. The third-order valence-corrected chi connectivity index (χ3v) is 5.22. The van der Waals surface area contributed by atoms with Gasteiger partial charge >= 0.3 is 0 Å². The Labute approximate surface area is 202 Å². The van der Waals surface area contributed by atoms with Gasteiger partial charge in [0.25, 0.3) is 5.91 Å². The minimum absolute atomic E-state index is 0. The fourth-order valence-electron chi connectivity index (χ4n) is 3.35. The molecule has 7 nitrogen and oxygen atoms in total. The van der Waals surface area contributed by atoms with Gasteiger partial charge in [-0.1, -0.05) is 6.07 Å². The Balaban J connectivity index is 0.00000544. The molecular weight excluding hydrogens is 440 g/mol. The highest BCUT2D eigenvalue weighted by Gasteiger charge is 2.10. The average Bonchev–Trinajstić information content (AvgIpc) is 2.81. The van der Waals surface area contributed by atoms with E-state index in [-0.39, 0.29) is 18.0 Å². The number of benzene rings is 2. The molecule has 0 unspecified atom stereocenters. The molecule has 0 aliphatic carbocycles. The first kappa shape index (κ1) is 27.7. The summed E-state index contributed by atoms with van der Waals surface area (Å²) in [5, 5.41) is 15.3. The number of ether oxygens (including phenoxy) is 2. The van der Waals surface area contributed by atoms with Crippen LogP contribution in [-0.2, 0) is 11.2 Å². The van der Waals surface area contributed by atoms with Gasteiger partial charge in [0.05, 0.1) is 14.2 Å². The number of hydrogen-bond acceptors (Lipinski definition) is 6. The quantitative estimate of drug-likeness (QED) is 0.376. The molecule has 0 spiro atoms. The lowest BCUT2D eigenvalue weighted by Crippen LogP contribution is -3.00. The van der Waals surface area contributed by atoms with E-state index in [1.165, 1.54) is 6.20 Å². The Morgan fingerprint density at radius 2 is 1.79 bits per heavy atom. The third kappa shape index (κ3) is 7.62. The van der Waals surface area contributed by atoms with Gasteiger partial charge < -0.3 is 37.4 Å². The predicted molar refractivity (Wildman–Crippen MR) is 128 cm³/mol. The van der Waals surface area contributed by atoms with E-state index in [0.717, 1.165) is 35.6 Å². The molecule has 0 atom stereocenters. The minimum Gasteiger partial charge on any atom is -1.00 e.